The molecule has 0 aliphatic rings. The Morgan fingerprint density at radius 3 is 1.86 bits per heavy atom. The van der Waals surface area contributed by atoms with Crippen LogP contribution in [0.2, 0.25) is 0 Å². The van der Waals surface area contributed by atoms with Crippen LogP contribution in [0.3, 0.4) is 0 Å². The second-order valence-electron chi connectivity index (χ2n) is 6.50. The van der Waals surface area contributed by atoms with Gasteiger partial charge in [0.2, 0.25) is 0 Å². The number of nitrogens with zero attached hydrogens (tertiary/aromatic N) is 1. The Morgan fingerprint density at radius 1 is 0.857 bits per heavy atom. The highest BCUT2D eigenvalue weighted by atomic mass is 15.1. The predicted octanol–water partition coefficient (Wildman–Crippen LogP) is 5.47. The number of anilines is 1. The van der Waals surface area contributed by atoms with E-state index in [4.69, 9.17) is 0 Å². The summed E-state index contributed by atoms with van der Waals surface area (Å²) in [5.41, 5.74) is 6.44. The zero-order valence-corrected chi connectivity index (χ0v) is 14.1. The van der Waals surface area contributed by atoms with Gasteiger partial charge in [0, 0.05) is 25.3 Å². The lowest BCUT2D eigenvalue weighted by molar-refractivity contribution is 0.831. The highest BCUT2D eigenvalue weighted by molar-refractivity contribution is 5.79. The topological polar surface area (TPSA) is 3.24 Å². The first kappa shape index (κ1) is 15.6. The zero-order valence-electron chi connectivity index (χ0n) is 14.1. The highest BCUT2D eigenvalue weighted by Gasteiger charge is 2.12. The summed E-state index contributed by atoms with van der Waals surface area (Å²) in [6.45, 7) is 8.93. The van der Waals surface area contributed by atoms with Crippen LogP contribution in [0.1, 0.15) is 50.7 Å². The van der Waals surface area contributed by atoms with E-state index in [1.54, 1.807) is 0 Å². The van der Waals surface area contributed by atoms with Gasteiger partial charge < -0.3 is 4.90 Å². The van der Waals surface area contributed by atoms with Crippen molar-refractivity contribution >= 4 is 5.69 Å². The van der Waals surface area contributed by atoms with Crippen LogP contribution in [-0.2, 0) is 0 Å². The third kappa shape index (κ3) is 3.47. The van der Waals surface area contributed by atoms with E-state index in [9.17, 15) is 0 Å². The van der Waals surface area contributed by atoms with Gasteiger partial charge in [-0.1, -0.05) is 58.0 Å². The molecule has 0 fully saturated rings. The Balaban J connectivity index is 2.63. The van der Waals surface area contributed by atoms with E-state index in [1.165, 1.54) is 27.9 Å². The molecule has 0 N–H and O–H groups in total. The standard InChI is InChI=1S/C20H26N/c1-14(2)16-11-17(15(3)4)13-18(12-16)19-9-7-8-10-20(19)21(5)6/h7-10,12-15H,1-6H3. The van der Waals surface area contributed by atoms with Gasteiger partial charge in [0.05, 0.1) is 0 Å². The summed E-state index contributed by atoms with van der Waals surface area (Å²) in [7, 11) is 4.20. The van der Waals surface area contributed by atoms with Gasteiger partial charge in [0.1, 0.15) is 0 Å². The number of benzene rings is 2. The van der Waals surface area contributed by atoms with Crippen molar-refractivity contribution in [3.63, 3.8) is 0 Å². The SMILES string of the molecule is CC(C)c1[c]c(C(C)C)cc(-c2ccccc2N(C)C)c1. The first-order chi connectivity index (χ1) is 9.90. The molecule has 0 amide bonds. The van der Waals surface area contributed by atoms with Crippen molar-refractivity contribution in [2.75, 3.05) is 19.0 Å². The summed E-state index contributed by atoms with van der Waals surface area (Å²) in [6.07, 6.45) is 0. The molecule has 0 aliphatic heterocycles. The molecule has 1 nitrogen and oxygen atoms in total. The van der Waals surface area contributed by atoms with Crippen molar-refractivity contribution in [3.05, 3.63) is 53.6 Å². The first-order valence-corrected chi connectivity index (χ1v) is 7.74. The minimum Gasteiger partial charge on any atom is -0.377 e. The summed E-state index contributed by atoms with van der Waals surface area (Å²) in [5, 5.41) is 0. The minimum absolute atomic E-state index is 0.494. The van der Waals surface area contributed by atoms with Crippen LogP contribution < -0.4 is 4.90 Å². The second kappa shape index (κ2) is 6.34. The quantitative estimate of drug-likeness (QED) is 0.718. The van der Waals surface area contributed by atoms with E-state index < -0.39 is 0 Å². The molecule has 111 valence electrons. The molecule has 0 aliphatic carbocycles. The zero-order chi connectivity index (χ0) is 15.6. The lowest BCUT2D eigenvalue weighted by atomic mass is 9.90. The van der Waals surface area contributed by atoms with Crippen LogP contribution in [0, 0.1) is 6.07 Å². The van der Waals surface area contributed by atoms with Gasteiger partial charge in [-0.15, -0.1) is 0 Å². The molecule has 0 unspecified atom stereocenters. The van der Waals surface area contributed by atoms with Gasteiger partial charge in [-0.25, -0.2) is 0 Å². The average molecular weight is 280 g/mol. The summed E-state index contributed by atoms with van der Waals surface area (Å²) in [6, 6.07) is 16.8. The molecule has 2 aromatic rings. The molecule has 2 aromatic carbocycles. The summed E-state index contributed by atoms with van der Waals surface area (Å²) in [5.74, 6) is 0.989. The smallest absolute Gasteiger partial charge is 0.0440 e. The van der Waals surface area contributed by atoms with Gasteiger partial charge in [-0.3, -0.25) is 0 Å². The second-order valence-corrected chi connectivity index (χ2v) is 6.50. The van der Waals surface area contributed by atoms with Crippen LogP contribution in [0.25, 0.3) is 11.1 Å². The Kier molecular flexibility index (Phi) is 4.72. The minimum atomic E-state index is 0.494. The Hall–Kier alpha value is -1.76. The number of hydrogen-bond acceptors (Lipinski definition) is 1. The van der Waals surface area contributed by atoms with E-state index in [1.807, 2.05) is 0 Å². The molecule has 1 radical (unpaired) electrons. The molecule has 1 heteroatoms. The number of para-hydroxylation sites is 1. The summed E-state index contributed by atoms with van der Waals surface area (Å²) in [4.78, 5) is 2.18. The van der Waals surface area contributed by atoms with Crippen molar-refractivity contribution in [3.8, 4) is 11.1 Å². The van der Waals surface area contributed by atoms with Crippen LogP contribution >= 0.6 is 0 Å². The van der Waals surface area contributed by atoms with Gasteiger partial charge in [0.15, 0.2) is 0 Å². The van der Waals surface area contributed by atoms with Gasteiger partial charge in [-0.05, 0) is 40.7 Å². The average Bonchev–Trinajstić information content (AvgIpc) is 2.46. The fourth-order valence-corrected chi connectivity index (χ4v) is 2.50. The van der Waals surface area contributed by atoms with Crippen LogP contribution in [0.4, 0.5) is 5.69 Å². The lowest BCUT2D eigenvalue weighted by Gasteiger charge is -2.20. The maximum Gasteiger partial charge on any atom is 0.0440 e. The lowest BCUT2D eigenvalue weighted by Crippen LogP contribution is -2.10. The van der Waals surface area contributed by atoms with Gasteiger partial charge in [0.25, 0.3) is 0 Å². The van der Waals surface area contributed by atoms with Gasteiger partial charge in [-0.2, -0.15) is 0 Å². The first-order valence-electron chi connectivity index (χ1n) is 7.74. The van der Waals surface area contributed by atoms with E-state index in [0.29, 0.717) is 11.8 Å². The molecular formula is C20H26N. The molecular weight excluding hydrogens is 254 g/mol. The van der Waals surface area contributed by atoms with E-state index in [0.717, 1.165) is 0 Å². The molecule has 0 saturated carbocycles. The maximum atomic E-state index is 3.59. The predicted molar refractivity (Wildman–Crippen MR) is 93.2 cm³/mol. The molecule has 0 spiro atoms. The van der Waals surface area contributed by atoms with Crippen molar-refractivity contribution in [1.29, 1.82) is 0 Å². The Morgan fingerprint density at radius 2 is 1.38 bits per heavy atom. The third-order valence-corrected chi connectivity index (χ3v) is 3.85. The van der Waals surface area contributed by atoms with Crippen LogP contribution in [0.15, 0.2) is 36.4 Å². The maximum absolute atomic E-state index is 3.59. The largest absolute Gasteiger partial charge is 0.377 e. The van der Waals surface area contributed by atoms with Crippen molar-refractivity contribution < 1.29 is 0 Å². The highest BCUT2D eigenvalue weighted by Crippen LogP contribution is 2.33. The van der Waals surface area contributed by atoms with E-state index in [2.05, 4.69) is 89.2 Å². The van der Waals surface area contributed by atoms with E-state index in [-0.39, 0.29) is 0 Å². The van der Waals surface area contributed by atoms with Gasteiger partial charge >= 0.3 is 0 Å². The Bertz CT molecular complexity index is 583. The summed E-state index contributed by atoms with van der Waals surface area (Å²) < 4.78 is 0. The normalized spacial score (nSPS) is 11.2. The fourth-order valence-electron chi connectivity index (χ4n) is 2.50. The molecule has 2 rings (SSSR count). The Labute approximate surface area is 129 Å². The van der Waals surface area contributed by atoms with Crippen LogP contribution in [0.5, 0.6) is 0 Å². The van der Waals surface area contributed by atoms with Crippen LogP contribution in [-0.4, -0.2) is 14.1 Å². The van der Waals surface area contributed by atoms with E-state index >= 15 is 0 Å². The third-order valence-electron chi connectivity index (χ3n) is 3.85. The van der Waals surface area contributed by atoms with Crippen molar-refractivity contribution in [1.82, 2.24) is 0 Å². The number of hydrogen-bond donors (Lipinski definition) is 0. The monoisotopic (exact) mass is 280 g/mol. The molecule has 0 aromatic heterocycles. The summed E-state index contributed by atoms with van der Waals surface area (Å²) >= 11 is 0. The molecule has 0 heterocycles. The molecule has 0 saturated heterocycles. The number of rotatable bonds is 4. The van der Waals surface area contributed by atoms with Crippen molar-refractivity contribution in [2.45, 2.75) is 39.5 Å². The molecule has 0 bridgehead atoms. The molecule has 21 heavy (non-hydrogen) atoms. The molecule has 0 atom stereocenters. The van der Waals surface area contributed by atoms with Crippen molar-refractivity contribution in [2.24, 2.45) is 0 Å². The fraction of sp³-hybridized carbons (Fsp3) is 0.400.